The lowest BCUT2D eigenvalue weighted by Crippen LogP contribution is -2.03. The smallest absolute Gasteiger partial charge is 0.146 e. The van der Waals surface area contributed by atoms with Crippen molar-refractivity contribution in [2.45, 2.75) is 20.4 Å². The number of aromatic nitrogens is 1. The van der Waals surface area contributed by atoms with E-state index in [1.54, 1.807) is 6.07 Å². The number of hydrogen-bond donors (Lipinski definition) is 1. The highest BCUT2D eigenvalue weighted by Crippen LogP contribution is 2.19. The Morgan fingerprint density at radius 3 is 2.63 bits per heavy atom. The Morgan fingerprint density at radius 1 is 1.32 bits per heavy atom. The zero-order chi connectivity index (χ0) is 14.0. The van der Waals surface area contributed by atoms with Gasteiger partial charge in [-0.3, -0.25) is 0 Å². The first-order valence-corrected chi connectivity index (χ1v) is 6.08. The molecule has 3 nitrogen and oxygen atoms in total. The van der Waals surface area contributed by atoms with E-state index in [2.05, 4.69) is 11.4 Å². The predicted octanol–water partition coefficient (Wildman–Crippen LogP) is 3.26. The van der Waals surface area contributed by atoms with Crippen LogP contribution in [0.5, 0.6) is 0 Å². The number of anilines is 1. The third-order valence-corrected chi connectivity index (χ3v) is 3.35. The normalized spacial score (nSPS) is 10.3. The lowest BCUT2D eigenvalue weighted by molar-refractivity contribution is 0.629. The fourth-order valence-electron chi connectivity index (χ4n) is 2.00. The molecule has 0 fully saturated rings. The molecular formula is C15H16FN3. The van der Waals surface area contributed by atoms with Gasteiger partial charge in [0.1, 0.15) is 17.6 Å². The highest BCUT2D eigenvalue weighted by molar-refractivity contribution is 5.47. The maximum absolute atomic E-state index is 13.7. The van der Waals surface area contributed by atoms with E-state index in [4.69, 9.17) is 5.26 Å². The standard InChI is InChI=1S/C15H16FN3/c1-10-4-5-15(14(16)6-10)18-9-12-7-13(8-17)19(3)11(12)2/h4-7,18H,9H2,1-3H3. The molecule has 1 heterocycles. The number of halogens is 1. The zero-order valence-corrected chi connectivity index (χ0v) is 11.3. The van der Waals surface area contributed by atoms with Crippen LogP contribution in [0.15, 0.2) is 24.3 Å². The summed E-state index contributed by atoms with van der Waals surface area (Å²) in [5.74, 6) is -0.255. The van der Waals surface area contributed by atoms with E-state index >= 15 is 0 Å². The number of nitriles is 1. The summed E-state index contributed by atoms with van der Waals surface area (Å²) in [6.07, 6.45) is 0. The lowest BCUT2D eigenvalue weighted by Gasteiger charge is -2.08. The van der Waals surface area contributed by atoms with Crippen LogP contribution in [-0.2, 0) is 13.6 Å². The number of aryl methyl sites for hydroxylation is 1. The van der Waals surface area contributed by atoms with Crippen molar-refractivity contribution >= 4 is 5.69 Å². The molecule has 0 radical (unpaired) electrons. The monoisotopic (exact) mass is 257 g/mol. The summed E-state index contributed by atoms with van der Waals surface area (Å²) in [7, 11) is 1.85. The number of rotatable bonds is 3. The van der Waals surface area contributed by atoms with Crippen molar-refractivity contribution in [3.05, 3.63) is 52.6 Å². The second kappa shape index (κ2) is 5.15. The maximum atomic E-state index is 13.7. The molecule has 0 saturated carbocycles. The van der Waals surface area contributed by atoms with Crippen molar-refractivity contribution in [2.75, 3.05) is 5.32 Å². The van der Waals surface area contributed by atoms with Gasteiger partial charge in [0.2, 0.25) is 0 Å². The fourth-order valence-corrected chi connectivity index (χ4v) is 2.00. The molecule has 0 spiro atoms. The first kappa shape index (κ1) is 13.2. The average molecular weight is 257 g/mol. The topological polar surface area (TPSA) is 40.8 Å². The molecule has 19 heavy (non-hydrogen) atoms. The van der Waals surface area contributed by atoms with Crippen LogP contribution in [0.1, 0.15) is 22.5 Å². The molecule has 1 aromatic heterocycles. The molecular weight excluding hydrogens is 241 g/mol. The Hall–Kier alpha value is -2.28. The van der Waals surface area contributed by atoms with E-state index in [1.807, 2.05) is 37.6 Å². The maximum Gasteiger partial charge on any atom is 0.146 e. The van der Waals surface area contributed by atoms with E-state index in [-0.39, 0.29) is 5.82 Å². The Labute approximate surface area is 112 Å². The van der Waals surface area contributed by atoms with E-state index in [1.165, 1.54) is 6.07 Å². The van der Waals surface area contributed by atoms with Crippen LogP contribution in [0.4, 0.5) is 10.1 Å². The number of hydrogen-bond acceptors (Lipinski definition) is 2. The minimum atomic E-state index is -0.255. The van der Waals surface area contributed by atoms with Crippen LogP contribution in [0.25, 0.3) is 0 Å². The highest BCUT2D eigenvalue weighted by atomic mass is 19.1. The second-order valence-electron chi connectivity index (χ2n) is 4.65. The molecule has 1 aromatic carbocycles. The van der Waals surface area contributed by atoms with Gasteiger partial charge < -0.3 is 9.88 Å². The molecule has 98 valence electrons. The molecule has 0 aliphatic heterocycles. The van der Waals surface area contributed by atoms with E-state index < -0.39 is 0 Å². The SMILES string of the molecule is Cc1ccc(NCc2cc(C#N)n(C)c2C)c(F)c1. The Kier molecular flexibility index (Phi) is 3.57. The van der Waals surface area contributed by atoms with Crippen LogP contribution in [-0.4, -0.2) is 4.57 Å². The fraction of sp³-hybridized carbons (Fsp3) is 0.267. The van der Waals surface area contributed by atoms with Gasteiger partial charge in [-0.1, -0.05) is 6.07 Å². The van der Waals surface area contributed by atoms with Crippen molar-refractivity contribution in [1.82, 2.24) is 4.57 Å². The number of nitrogens with one attached hydrogen (secondary N) is 1. The third-order valence-electron chi connectivity index (χ3n) is 3.35. The predicted molar refractivity (Wildman–Crippen MR) is 73.3 cm³/mol. The average Bonchev–Trinajstić information content (AvgIpc) is 2.65. The summed E-state index contributed by atoms with van der Waals surface area (Å²) >= 11 is 0. The summed E-state index contributed by atoms with van der Waals surface area (Å²) < 4.78 is 15.5. The molecule has 0 bridgehead atoms. The van der Waals surface area contributed by atoms with Gasteiger partial charge in [-0.2, -0.15) is 5.26 Å². The third kappa shape index (κ3) is 2.60. The summed E-state index contributed by atoms with van der Waals surface area (Å²) in [6, 6.07) is 9.06. The Morgan fingerprint density at radius 2 is 2.05 bits per heavy atom. The first-order chi connectivity index (χ1) is 9.02. The van der Waals surface area contributed by atoms with Gasteiger partial charge in [-0.25, -0.2) is 4.39 Å². The summed E-state index contributed by atoms with van der Waals surface area (Å²) in [5, 5.41) is 12.0. The van der Waals surface area contributed by atoms with Crippen molar-refractivity contribution < 1.29 is 4.39 Å². The quantitative estimate of drug-likeness (QED) is 0.916. The van der Waals surface area contributed by atoms with E-state index in [0.29, 0.717) is 17.9 Å². The summed E-state index contributed by atoms with van der Waals surface area (Å²) in [5.41, 5.74) is 3.99. The van der Waals surface area contributed by atoms with Crippen LogP contribution in [0.2, 0.25) is 0 Å². The summed E-state index contributed by atoms with van der Waals surface area (Å²) in [6.45, 7) is 4.30. The van der Waals surface area contributed by atoms with Gasteiger partial charge in [0, 0.05) is 19.3 Å². The molecule has 0 unspecified atom stereocenters. The Balaban J connectivity index is 2.17. The molecule has 2 rings (SSSR count). The van der Waals surface area contributed by atoms with Gasteiger partial charge in [-0.05, 0) is 43.2 Å². The minimum Gasteiger partial charge on any atom is -0.379 e. The lowest BCUT2D eigenvalue weighted by atomic mass is 10.2. The molecule has 1 N–H and O–H groups in total. The van der Waals surface area contributed by atoms with E-state index in [9.17, 15) is 4.39 Å². The summed E-state index contributed by atoms with van der Waals surface area (Å²) in [4.78, 5) is 0. The largest absolute Gasteiger partial charge is 0.379 e. The molecule has 0 aliphatic carbocycles. The first-order valence-electron chi connectivity index (χ1n) is 6.08. The Bertz CT molecular complexity index is 650. The molecule has 2 aromatic rings. The zero-order valence-electron chi connectivity index (χ0n) is 11.3. The number of benzene rings is 1. The molecule has 4 heteroatoms. The van der Waals surface area contributed by atoms with Crippen LogP contribution < -0.4 is 5.32 Å². The van der Waals surface area contributed by atoms with Gasteiger partial charge in [0.15, 0.2) is 0 Å². The van der Waals surface area contributed by atoms with Crippen molar-refractivity contribution in [2.24, 2.45) is 7.05 Å². The van der Waals surface area contributed by atoms with Crippen molar-refractivity contribution in [3.63, 3.8) is 0 Å². The second-order valence-corrected chi connectivity index (χ2v) is 4.65. The van der Waals surface area contributed by atoms with Crippen molar-refractivity contribution in [1.29, 1.82) is 5.26 Å². The van der Waals surface area contributed by atoms with E-state index in [0.717, 1.165) is 16.8 Å². The van der Waals surface area contributed by atoms with Crippen LogP contribution in [0.3, 0.4) is 0 Å². The van der Waals surface area contributed by atoms with Crippen molar-refractivity contribution in [3.8, 4) is 6.07 Å². The van der Waals surface area contributed by atoms with Crippen LogP contribution in [0, 0.1) is 31.0 Å². The minimum absolute atomic E-state index is 0.255. The van der Waals surface area contributed by atoms with Crippen LogP contribution >= 0.6 is 0 Å². The molecule has 0 amide bonds. The molecule has 0 saturated heterocycles. The molecule has 0 aliphatic rings. The van der Waals surface area contributed by atoms with Gasteiger partial charge in [-0.15, -0.1) is 0 Å². The van der Waals surface area contributed by atoms with Gasteiger partial charge in [0.05, 0.1) is 5.69 Å². The van der Waals surface area contributed by atoms with Gasteiger partial charge >= 0.3 is 0 Å². The number of nitrogens with zero attached hydrogens (tertiary/aromatic N) is 2. The highest BCUT2D eigenvalue weighted by Gasteiger charge is 2.09. The molecule has 0 atom stereocenters. The van der Waals surface area contributed by atoms with Gasteiger partial charge in [0.25, 0.3) is 0 Å².